The minimum Gasteiger partial charge on any atom is -0.348 e. The van der Waals surface area contributed by atoms with Gasteiger partial charge >= 0.3 is 0 Å². The smallest absolute Gasteiger partial charge is 0.239 e. The molecule has 2 amide bonds. The Kier molecular flexibility index (Phi) is 7.39. The van der Waals surface area contributed by atoms with Gasteiger partial charge in [0.05, 0.1) is 18.6 Å². The fraction of sp³-hybridized carbons (Fsp3) is 0.333. The quantitative estimate of drug-likeness (QED) is 0.681. The maximum Gasteiger partial charge on any atom is 0.239 e. The molecular formula is C21H26ClN3O2. The molecule has 0 saturated carbocycles. The number of nitrogens with one attached hydrogen (secondary N) is 2. The number of halogens is 1. The van der Waals surface area contributed by atoms with Crippen molar-refractivity contribution in [3.05, 3.63) is 59.1 Å². The van der Waals surface area contributed by atoms with E-state index in [1.165, 1.54) is 0 Å². The van der Waals surface area contributed by atoms with Gasteiger partial charge in [-0.05, 0) is 41.7 Å². The van der Waals surface area contributed by atoms with E-state index in [1.807, 2.05) is 69.3 Å². The predicted octanol–water partition coefficient (Wildman–Crippen LogP) is 3.28. The summed E-state index contributed by atoms with van der Waals surface area (Å²) in [5.74, 6) is -0.578. The summed E-state index contributed by atoms with van der Waals surface area (Å²) in [5.41, 5.74) is 8.81. The molecule has 0 heterocycles. The van der Waals surface area contributed by atoms with Crippen LogP contribution in [0.15, 0.2) is 48.5 Å². The standard InChI is InChI=1S/C21H26ClN3O2/c1-13(2)20(23)21(27)24-12-19(26)25-14(3)17-6-4-5-7-18(17)15-8-10-16(22)11-9-15/h4-11,13-14,20H,12,23H2,1-3H3,(H,24,27)(H,25,26)/t14?,20-/m0/s1. The molecule has 2 aromatic carbocycles. The van der Waals surface area contributed by atoms with Crippen LogP contribution >= 0.6 is 11.6 Å². The second-order valence-electron chi connectivity index (χ2n) is 6.87. The largest absolute Gasteiger partial charge is 0.348 e. The van der Waals surface area contributed by atoms with Gasteiger partial charge in [-0.2, -0.15) is 0 Å². The Morgan fingerprint density at radius 3 is 2.30 bits per heavy atom. The lowest BCUT2D eigenvalue weighted by Crippen LogP contribution is -2.47. The number of rotatable bonds is 7. The molecule has 0 aliphatic carbocycles. The number of hydrogen-bond donors (Lipinski definition) is 3. The van der Waals surface area contributed by atoms with Crippen LogP contribution in [0.3, 0.4) is 0 Å². The van der Waals surface area contributed by atoms with E-state index in [0.717, 1.165) is 16.7 Å². The number of carbonyl (C=O) groups excluding carboxylic acids is 2. The summed E-state index contributed by atoms with van der Waals surface area (Å²) in [4.78, 5) is 24.1. The fourth-order valence-electron chi connectivity index (χ4n) is 2.73. The highest BCUT2D eigenvalue weighted by Gasteiger charge is 2.19. The minimum absolute atomic E-state index is 0.0123. The van der Waals surface area contributed by atoms with Gasteiger partial charge in [-0.25, -0.2) is 0 Å². The second-order valence-corrected chi connectivity index (χ2v) is 7.31. The highest BCUT2D eigenvalue weighted by Crippen LogP contribution is 2.29. The van der Waals surface area contributed by atoms with Crippen molar-refractivity contribution >= 4 is 23.4 Å². The Balaban J connectivity index is 2.04. The Bertz CT molecular complexity index is 790. The van der Waals surface area contributed by atoms with Crippen LogP contribution in [0, 0.1) is 5.92 Å². The summed E-state index contributed by atoms with van der Waals surface area (Å²) in [6, 6.07) is 14.6. The first-order valence-electron chi connectivity index (χ1n) is 8.97. The van der Waals surface area contributed by atoms with E-state index >= 15 is 0 Å². The van der Waals surface area contributed by atoms with E-state index in [0.29, 0.717) is 5.02 Å². The van der Waals surface area contributed by atoms with Crippen molar-refractivity contribution < 1.29 is 9.59 Å². The summed E-state index contributed by atoms with van der Waals surface area (Å²) < 4.78 is 0. The van der Waals surface area contributed by atoms with Crippen molar-refractivity contribution in [2.45, 2.75) is 32.9 Å². The highest BCUT2D eigenvalue weighted by atomic mass is 35.5. The minimum atomic E-state index is -0.624. The Hall–Kier alpha value is -2.37. The van der Waals surface area contributed by atoms with Gasteiger partial charge in [-0.1, -0.05) is 61.8 Å². The summed E-state index contributed by atoms with van der Waals surface area (Å²) in [6.07, 6.45) is 0. The van der Waals surface area contributed by atoms with Crippen LogP contribution in [0.5, 0.6) is 0 Å². The van der Waals surface area contributed by atoms with E-state index in [9.17, 15) is 9.59 Å². The molecule has 0 saturated heterocycles. The molecule has 0 bridgehead atoms. The van der Waals surface area contributed by atoms with Crippen LogP contribution in [-0.2, 0) is 9.59 Å². The number of benzene rings is 2. The summed E-state index contributed by atoms with van der Waals surface area (Å²) in [6.45, 7) is 5.53. The molecular weight excluding hydrogens is 362 g/mol. The third-order valence-electron chi connectivity index (χ3n) is 4.40. The lowest BCUT2D eigenvalue weighted by molar-refractivity contribution is -0.127. The average molecular weight is 388 g/mol. The van der Waals surface area contributed by atoms with Crippen LogP contribution in [0.25, 0.3) is 11.1 Å². The zero-order chi connectivity index (χ0) is 20.0. The van der Waals surface area contributed by atoms with Gasteiger partial charge in [0.15, 0.2) is 0 Å². The first kappa shape index (κ1) is 20.9. The number of nitrogens with two attached hydrogens (primary N) is 1. The second kappa shape index (κ2) is 9.53. The van der Waals surface area contributed by atoms with Crippen LogP contribution in [0.4, 0.5) is 0 Å². The monoisotopic (exact) mass is 387 g/mol. The van der Waals surface area contributed by atoms with Crippen LogP contribution in [0.2, 0.25) is 5.02 Å². The van der Waals surface area contributed by atoms with Crippen LogP contribution < -0.4 is 16.4 Å². The molecule has 0 aliphatic heterocycles. The summed E-state index contributed by atoms with van der Waals surface area (Å²) in [5, 5.41) is 6.18. The third-order valence-corrected chi connectivity index (χ3v) is 4.66. The first-order chi connectivity index (χ1) is 12.8. The zero-order valence-electron chi connectivity index (χ0n) is 15.8. The van der Waals surface area contributed by atoms with E-state index in [-0.39, 0.29) is 30.3 Å². The molecule has 2 atom stereocenters. The SMILES string of the molecule is CC(NC(=O)CNC(=O)[C@@H](N)C(C)C)c1ccccc1-c1ccc(Cl)cc1. The topological polar surface area (TPSA) is 84.2 Å². The molecule has 0 spiro atoms. The van der Waals surface area contributed by atoms with E-state index in [4.69, 9.17) is 17.3 Å². The molecule has 144 valence electrons. The van der Waals surface area contributed by atoms with Crippen molar-refractivity contribution in [2.24, 2.45) is 11.7 Å². The molecule has 1 unspecified atom stereocenters. The third kappa shape index (κ3) is 5.81. The Labute approximate surface area is 165 Å². The number of carbonyl (C=O) groups is 2. The van der Waals surface area contributed by atoms with Crippen molar-refractivity contribution in [1.82, 2.24) is 10.6 Å². The van der Waals surface area contributed by atoms with Crippen molar-refractivity contribution in [1.29, 1.82) is 0 Å². The Morgan fingerprint density at radius 2 is 1.67 bits per heavy atom. The molecule has 0 aromatic heterocycles. The van der Waals surface area contributed by atoms with Crippen molar-refractivity contribution in [2.75, 3.05) is 6.54 Å². The van der Waals surface area contributed by atoms with Crippen LogP contribution in [-0.4, -0.2) is 24.4 Å². The zero-order valence-corrected chi connectivity index (χ0v) is 16.6. The van der Waals surface area contributed by atoms with Gasteiger partial charge in [0.2, 0.25) is 11.8 Å². The van der Waals surface area contributed by atoms with Crippen molar-refractivity contribution in [3.8, 4) is 11.1 Å². The van der Waals surface area contributed by atoms with E-state index < -0.39 is 6.04 Å². The van der Waals surface area contributed by atoms with E-state index in [2.05, 4.69) is 10.6 Å². The molecule has 2 aromatic rings. The fourth-order valence-corrected chi connectivity index (χ4v) is 2.85. The van der Waals surface area contributed by atoms with Crippen LogP contribution in [0.1, 0.15) is 32.4 Å². The molecule has 0 fully saturated rings. The number of amides is 2. The van der Waals surface area contributed by atoms with Gasteiger partial charge in [-0.3, -0.25) is 9.59 Å². The van der Waals surface area contributed by atoms with Gasteiger partial charge in [0, 0.05) is 5.02 Å². The number of hydrogen-bond acceptors (Lipinski definition) is 3. The summed E-state index contributed by atoms with van der Waals surface area (Å²) >= 11 is 5.97. The highest BCUT2D eigenvalue weighted by molar-refractivity contribution is 6.30. The van der Waals surface area contributed by atoms with Gasteiger partial charge in [-0.15, -0.1) is 0 Å². The first-order valence-corrected chi connectivity index (χ1v) is 9.35. The average Bonchev–Trinajstić information content (AvgIpc) is 2.66. The van der Waals surface area contributed by atoms with Crippen molar-refractivity contribution in [3.63, 3.8) is 0 Å². The predicted molar refractivity (Wildman–Crippen MR) is 109 cm³/mol. The molecule has 0 radical (unpaired) electrons. The molecule has 27 heavy (non-hydrogen) atoms. The van der Waals surface area contributed by atoms with Gasteiger partial charge in [0.1, 0.15) is 0 Å². The maximum absolute atomic E-state index is 12.2. The summed E-state index contributed by atoms with van der Waals surface area (Å²) in [7, 11) is 0. The van der Waals surface area contributed by atoms with Gasteiger partial charge in [0.25, 0.3) is 0 Å². The normalized spacial score (nSPS) is 13.1. The lowest BCUT2D eigenvalue weighted by atomic mass is 9.95. The molecule has 5 nitrogen and oxygen atoms in total. The molecule has 4 N–H and O–H groups in total. The Morgan fingerprint density at radius 1 is 1.04 bits per heavy atom. The van der Waals surface area contributed by atoms with E-state index in [1.54, 1.807) is 0 Å². The lowest BCUT2D eigenvalue weighted by Gasteiger charge is -2.19. The van der Waals surface area contributed by atoms with Gasteiger partial charge < -0.3 is 16.4 Å². The molecule has 6 heteroatoms. The molecule has 2 rings (SSSR count). The maximum atomic E-state index is 12.2. The molecule has 0 aliphatic rings.